The van der Waals surface area contributed by atoms with Crippen LogP contribution in [0.4, 0.5) is 0 Å². The smallest absolute Gasteiger partial charge is 0.320 e. The van der Waals surface area contributed by atoms with Crippen LogP contribution in [0.3, 0.4) is 0 Å². The number of esters is 1. The van der Waals surface area contributed by atoms with Crippen molar-refractivity contribution < 1.29 is 14.3 Å². The third-order valence-electron chi connectivity index (χ3n) is 2.43. The highest BCUT2D eigenvalue weighted by Crippen LogP contribution is 2.32. The van der Waals surface area contributed by atoms with Crippen LogP contribution in [0.25, 0.3) is 0 Å². The summed E-state index contributed by atoms with van der Waals surface area (Å²) in [5, 5.41) is 0. The van der Waals surface area contributed by atoms with Crippen LogP contribution >= 0.6 is 31.9 Å². The Morgan fingerprint density at radius 2 is 1.78 bits per heavy atom. The van der Waals surface area contributed by atoms with Gasteiger partial charge in [-0.1, -0.05) is 56.1 Å². The highest BCUT2D eigenvalue weighted by molar-refractivity contribution is 9.12. The van der Waals surface area contributed by atoms with Gasteiger partial charge in [0.2, 0.25) is 0 Å². The molecule has 1 rings (SSSR count). The fraction of sp³-hybridized carbons (Fsp3) is 0.385. The van der Waals surface area contributed by atoms with Gasteiger partial charge in [-0.2, -0.15) is 0 Å². The molecule has 0 saturated carbocycles. The van der Waals surface area contributed by atoms with Gasteiger partial charge in [0.25, 0.3) is 0 Å². The zero-order valence-corrected chi connectivity index (χ0v) is 13.3. The molecule has 2 unspecified atom stereocenters. The molecule has 1 aromatic rings. The number of ether oxygens (including phenoxy) is 1. The van der Waals surface area contributed by atoms with Crippen LogP contribution in [0.5, 0.6) is 0 Å². The SMILES string of the molecule is COC(=O)C(Br)C(Br)c1ccc(CC(C)=O)cc1. The van der Waals surface area contributed by atoms with Crippen molar-refractivity contribution in [2.24, 2.45) is 0 Å². The van der Waals surface area contributed by atoms with Gasteiger partial charge in [-0.25, -0.2) is 0 Å². The lowest BCUT2D eigenvalue weighted by Crippen LogP contribution is -2.20. The number of carbonyl (C=O) groups excluding carboxylic acids is 2. The summed E-state index contributed by atoms with van der Waals surface area (Å²) >= 11 is 6.74. The molecule has 0 aliphatic carbocycles. The number of rotatable bonds is 5. The molecule has 0 bridgehead atoms. The molecular weight excluding hydrogens is 364 g/mol. The predicted octanol–water partition coefficient (Wildman–Crippen LogP) is 3.19. The first-order valence-corrected chi connectivity index (χ1v) is 7.23. The maximum atomic E-state index is 11.4. The van der Waals surface area contributed by atoms with Crippen molar-refractivity contribution in [2.45, 2.75) is 23.0 Å². The lowest BCUT2D eigenvalue weighted by molar-refractivity contribution is -0.139. The van der Waals surface area contributed by atoms with Gasteiger partial charge in [0.1, 0.15) is 10.6 Å². The van der Waals surface area contributed by atoms with Crippen LogP contribution in [0, 0.1) is 0 Å². The van der Waals surface area contributed by atoms with Crippen LogP contribution in [-0.4, -0.2) is 23.7 Å². The Kier molecular flexibility index (Phi) is 6.02. The summed E-state index contributed by atoms with van der Waals surface area (Å²) in [6.45, 7) is 1.56. The summed E-state index contributed by atoms with van der Waals surface area (Å²) in [7, 11) is 1.35. The fourth-order valence-electron chi connectivity index (χ4n) is 1.51. The van der Waals surface area contributed by atoms with Crippen LogP contribution in [0.15, 0.2) is 24.3 Å². The van der Waals surface area contributed by atoms with E-state index in [4.69, 9.17) is 0 Å². The number of benzene rings is 1. The highest BCUT2D eigenvalue weighted by atomic mass is 79.9. The van der Waals surface area contributed by atoms with E-state index in [-0.39, 0.29) is 16.6 Å². The largest absolute Gasteiger partial charge is 0.468 e. The standard InChI is InChI=1S/C13H14Br2O3/c1-8(16)7-9-3-5-10(6-4-9)11(14)12(15)13(17)18-2/h3-6,11-12H,7H2,1-2H3. The summed E-state index contributed by atoms with van der Waals surface area (Å²) < 4.78 is 4.67. The van der Waals surface area contributed by atoms with E-state index < -0.39 is 4.83 Å². The molecule has 5 heteroatoms. The van der Waals surface area contributed by atoms with Gasteiger partial charge < -0.3 is 4.74 Å². The van der Waals surface area contributed by atoms with E-state index in [2.05, 4.69) is 36.6 Å². The summed E-state index contributed by atoms with van der Waals surface area (Å²) in [5.74, 6) is -0.198. The molecule has 0 amide bonds. The zero-order valence-electron chi connectivity index (χ0n) is 10.2. The first kappa shape index (κ1) is 15.4. The molecule has 98 valence electrons. The summed E-state index contributed by atoms with van der Waals surface area (Å²) in [6.07, 6.45) is 0.433. The molecule has 0 heterocycles. The third kappa shape index (κ3) is 4.21. The average molecular weight is 378 g/mol. The Balaban J connectivity index is 2.78. The van der Waals surface area contributed by atoms with Gasteiger partial charge in [0.05, 0.1) is 11.9 Å². The molecular formula is C13H14Br2O3. The molecule has 0 spiro atoms. The minimum Gasteiger partial charge on any atom is -0.468 e. The second-order valence-corrected chi connectivity index (χ2v) is 5.92. The Hall–Kier alpha value is -0.680. The van der Waals surface area contributed by atoms with Crippen molar-refractivity contribution in [1.29, 1.82) is 0 Å². The summed E-state index contributed by atoms with van der Waals surface area (Å²) in [5.41, 5.74) is 1.92. The number of hydrogen-bond donors (Lipinski definition) is 0. The lowest BCUT2D eigenvalue weighted by Gasteiger charge is -2.15. The molecule has 0 aliphatic heterocycles. The van der Waals surface area contributed by atoms with Gasteiger partial charge in [0, 0.05) is 6.42 Å². The fourth-order valence-corrected chi connectivity index (χ4v) is 2.52. The topological polar surface area (TPSA) is 43.4 Å². The van der Waals surface area contributed by atoms with Crippen LogP contribution in [0.2, 0.25) is 0 Å². The van der Waals surface area contributed by atoms with Gasteiger partial charge in [-0.15, -0.1) is 0 Å². The van der Waals surface area contributed by atoms with Crippen molar-refractivity contribution >= 4 is 43.6 Å². The van der Waals surface area contributed by atoms with E-state index in [0.29, 0.717) is 6.42 Å². The molecule has 3 nitrogen and oxygen atoms in total. The third-order valence-corrected chi connectivity index (χ3v) is 5.10. The molecule has 0 radical (unpaired) electrons. The van der Waals surface area contributed by atoms with E-state index in [1.807, 2.05) is 24.3 Å². The molecule has 18 heavy (non-hydrogen) atoms. The number of ketones is 1. The van der Waals surface area contributed by atoms with Gasteiger partial charge >= 0.3 is 5.97 Å². The van der Waals surface area contributed by atoms with E-state index in [1.165, 1.54) is 7.11 Å². The van der Waals surface area contributed by atoms with Gasteiger partial charge in [-0.3, -0.25) is 9.59 Å². The minimum atomic E-state index is -0.443. The van der Waals surface area contributed by atoms with Crippen molar-refractivity contribution in [3.63, 3.8) is 0 Å². The number of methoxy groups -OCH3 is 1. The normalized spacial score (nSPS) is 13.8. The lowest BCUT2D eigenvalue weighted by atomic mass is 10.0. The average Bonchev–Trinajstić information content (AvgIpc) is 2.36. The van der Waals surface area contributed by atoms with E-state index >= 15 is 0 Å². The maximum absolute atomic E-state index is 11.4. The Morgan fingerprint density at radius 3 is 2.22 bits per heavy atom. The number of Topliss-reactive ketones (excluding diaryl/α,β-unsaturated/α-hetero) is 1. The molecule has 1 aromatic carbocycles. The van der Waals surface area contributed by atoms with Crippen molar-refractivity contribution in [3.05, 3.63) is 35.4 Å². The van der Waals surface area contributed by atoms with E-state index in [9.17, 15) is 9.59 Å². The summed E-state index contributed by atoms with van der Waals surface area (Å²) in [6, 6.07) is 7.58. The van der Waals surface area contributed by atoms with Crippen LogP contribution in [0.1, 0.15) is 22.9 Å². The number of halogens is 2. The zero-order chi connectivity index (χ0) is 13.7. The first-order chi connectivity index (χ1) is 8.45. The first-order valence-electron chi connectivity index (χ1n) is 5.40. The Morgan fingerprint density at radius 1 is 1.22 bits per heavy atom. The monoisotopic (exact) mass is 376 g/mol. The number of carbonyl (C=O) groups is 2. The molecule has 0 aromatic heterocycles. The van der Waals surface area contributed by atoms with E-state index in [1.54, 1.807) is 6.92 Å². The van der Waals surface area contributed by atoms with E-state index in [0.717, 1.165) is 11.1 Å². The van der Waals surface area contributed by atoms with Crippen molar-refractivity contribution in [3.8, 4) is 0 Å². The quantitative estimate of drug-likeness (QED) is 0.584. The van der Waals surface area contributed by atoms with Gasteiger partial charge in [-0.05, 0) is 18.1 Å². The van der Waals surface area contributed by atoms with Crippen molar-refractivity contribution in [2.75, 3.05) is 7.11 Å². The van der Waals surface area contributed by atoms with Crippen molar-refractivity contribution in [1.82, 2.24) is 0 Å². The second kappa shape index (κ2) is 7.04. The maximum Gasteiger partial charge on any atom is 0.320 e. The molecule has 0 aliphatic rings. The molecule has 2 atom stereocenters. The molecule has 0 fully saturated rings. The highest BCUT2D eigenvalue weighted by Gasteiger charge is 2.25. The molecule has 0 N–H and O–H groups in total. The Bertz CT molecular complexity index is 428. The second-order valence-electron chi connectivity index (χ2n) is 3.95. The minimum absolute atomic E-state index is 0.131. The Labute approximate surface area is 123 Å². The van der Waals surface area contributed by atoms with Crippen LogP contribution in [-0.2, 0) is 20.7 Å². The predicted molar refractivity (Wildman–Crippen MR) is 77.2 cm³/mol. The van der Waals surface area contributed by atoms with Crippen LogP contribution < -0.4 is 0 Å². The number of alkyl halides is 2. The number of hydrogen-bond acceptors (Lipinski definition) is 3. The molecule has 0 saturated heterocycles. The van der Waals surface area contributed by atoms with Gasteiger partial charge in [0.15, 0.2) is 0 Å². The summed E-state index contributed by atoms with van der Waals surface area (Å²) in [4.78, 5) is 21.8.